The van der Waals surface area contributed by atoms with Crippen molar-refractivity contribution in [1.82, 2.24) is 9.88 Å². The number of nitro benzene ring substituents is 1. The highest BCUT2D eigenvalue weighted by molar-refractivity contribution is 7.10. The fraction of sp³-hybridized carbons (Fsp3) is 0.423. The molecule has 0 N–H and O–H groups in total. The molecule has 3 aromatic rings. The zero-order chi connectivity index (χ0) is 24.4. The summed E-state index contributed by atoms with van der Waals surface area (Å²) in [6.45, 7) is 8.73. The van der Waals surface area contributed by atoms with Crippen LogP contribution >= 0.6 is 11.3 Å². The van der Waals surface area contributed by atoms with E-state index in [-0.39, 0.29) is 17.4 Å². The first-order valence-corrected chi connectivity index (χ1v) is 13.0. The average molecular weight is 495 g/mol. The van der Waals surface area contributed by atoms with Gasteiger partial charge in [0.1, 0.15) is 0 Å². The van der Waals surface area contributed by atoms with Crippen LogP contribution < -0.4 is 14.4 Å². The molecule has 2 aliphatic rings. The highest BCUT2D eigenvalue weighted by atomic mass is 32.1. The molecule has 0 aliphatic carbocycles. The Bertz CT molecular complexity index is 1180. The van der Waals surface area contributed by atoms with E-state index in [9.17, 15) is 10.1 Å². The molecule has 1 fully saturated rings. The molecule has 2 aliphatic heterocycles. The smallest absolute Gasteiger partial charge is 0.277 e. The van der Waals surface area contributed by atoms with Gasteiger partial charge in [-0.05, 0) is 58.0 Å². The molecule has 1 aromatic heterocycles. The largest absolute Gasteiger partial charge is 0.454 e. The van der Waals surface area contributed by atoms with E-state index in [0.29, 0.717) is 29.5 Å². The normalized spacial score (nSPS) is 15.9. The van der Waals surface area contributed by atoms with Crippen molar-refractivity contribution in [2.24, 2.45) is 0 Å². The van der Waals surface area contributed by atoms with Crippen molar-refractivity contribution in [3.8, 4) is 22.8 Å². The molecule has 0 unspecified atom stereocenters. The molecular weight excluding hydrogens is 464 g/mol. The average Bonchev–Trinajstić information content (AvgIpc) is 3.55. The minimum Gasteiger partial charge on any atom is -0.454 e. The Morgan fingerprint density at radius 2 is 1.80 bits per heavy atom. The summed E-state index contributed by atoms with van der Waals surface area (Å²) < 4.78 is 10.7. The monoisotopic (exact) mass is 494 g/mol. The summed E-state index contributed by atoms with van der Waals surface area (Å²) in [5, 5.41) is 14.9. The van der Waals surface area contributed by atoms with Gasteiger partial charge in [-0.2, -0.15) is 0 Å². The number of hydrogen-bond donors (Lipinski definition) is 0. The van der Waals surface area contributed by atoms with Gasteiger partial charge in [0.2, 0.25) is 6.79 Å². The number of rotatable bonds is 8. The van der Waals surface area contributed by atoms with Gasteiger partial charge in [0, 0.05) is 47.7 Å². The SMILES string of the molecule is CCN(CC)c1ccc(-c2csc(C3CCN(Cc4cc5c(cc4[N+](=O)[O-])OCO5)CC3)n2)cc1. The van der Waals surface area contributed by atoms with Gasteiger partial charge in [-0.25, -0.2) is 4.98 Å². The third-order valence-corrected chi connectivity index (χ3v) is 7.92. The van der Waals surface area contributed by atoms with E-state index in [2.05, 4.69) is 53.3 Å². The maximum atomic E-state index is 11.6. The van der Waals surface area contributed by atoms with Crippen LogP contribution in [0.25, 0.3) is 11.3 Å². The molecule has 9 heteroatoms. The highest BCUT2D eigenvalue weighted by Gasteiger charge is 2.27. The third-order valence-electron chi connectivity index (χ3n) is 6.91. The van der Waals surface area contributed by atoms with Gasteiger partial charge in [0.05, 0.1) is 21.7 Å². The van der Waals surface area contributed by atoms with Crippen LogP contribution in [-0.2, 0) is 6.54 Å². The lowest BCUT2D eigenvalue weighted by molar-refractivity contribution is -0.385. The fourth-order valence-electron chi connectivity index (χ4n) is 4.89. The number of nitro groups is 1. The lowest BCUT2D eigenvalue weighted by atomic mass is 9.97. The van der Waals surface area contributed by atoms with Crippen molar-refractivity contribution >= 4 is 22.7 Å². The second-order valence-corrected chi connectivity index (χ2v) is 9.82. The molecule has 0 atom stereocenters. The Balaban J connectivity index is 1.22. The fourth-order valence-corrected chi connectivity index (χ4v) is 5.89. The van der Waals surface area contributed by atoms with E-state index in [1.54, 1.807) is 17.4 Å². The Morgan fingerprint density at radius 3 is 2.46 bits per heavy atom. The predicted molar refractivity (Wildman–Crippen MR) is 138 cm³/mol. The Morgan fingerprint density at radius 1 is 1.11 bits per heavy atom. The molecular formula is C26H30N4O4S. The zero-order valence-electron chi connectivity index (χ0n) is 20.1. The summed E-state index contributed by atoms with van der Waals surface area (Å²) in [7, 11) is 0. The molecule has 0 amide bonds. The van der Waals surface area contributed by atoms with E-state index in [0.717, 1.165) is 50.3 Å². The molecule has 0 saturated carbocycles. The molecule has 2 aromatic carbocycles. The van der Waals surface area contributed by atoms with Gasteiger partial charge in [-0.15, -0.1) is 11.3 Å². The molecule has 0 radical (unpaired) electrons. The van der Waals surface area contributed by atoms with Gasteiger partial charge >= 0.3 is 0 Å². The van der Waals surface area contributed by atoms with Crippen LogP contribution in [0.2, 0.25) is 0 Å². The number of aromatic nitrogens is 1. The molecule has 1 saturated heterocycles. The number of hydrogen-bond acceptors (Lipinski definition) is 8. The Hall–Kier alpha value is -3.17. The molecule has 5 rings (SSSR count). The van der Waals surface area contributed by atoms with Gasteiger partial charge in [-0.1, -0.05) is 12.1 Å². The molecule has 0 spiro atoms. The number of thiazole rings is 1. The first kappa shape index (κ1) is 23.6. The Labute approximate surface area is 209 Å². The van der Waals surface area contributed by atoms with Crippen molar-refractivity contribution in [3.05, 3.63) is 62.5 Å². The number of anilines is 1. The number of piperidine rings is 1. The highest BCUT2D eigenvalue weighted by Crippen LogP contribution is 2.39. The zero-order valence-corrected chi connectivity index (χ0v) is 20.9. The van der Waals surface area contributed by atoms with Gasteiger partial charge in [-0.3, -0.25) is 15.0 Å². The van der Waals surface area contributed by atoms with Crippen molar-refractivity contribution in [3.63, 3.8) is 0 Å². The van der Waals surface area contributed by atoms with E-state index in [1.165, 1.54) is 16.8 Å². The Kier molecular flexibility index (Phi) is 6.88. The number of likely N-dealkylation sites (tertiary alicyclic amines) is 1. The van der Waals surface area contributed by atoms with Crippen molar-refractivity contribution in [2.75, 3.05) is 37.9 Å². The van der Waals surface area contributed by atoms with Crippen LogP contribution in [0.15, 0.2) is 41.8 Å². The van der Waals surface area contributed by atoms with E-state index in [4.69, 9.17) is 14.5 Å². The van der Waals surface area contributed by atoms with Crippen LogP contribution in [0, 0.1) is 10.1 Å². The van der Waals surface area contributed by atoms with E-state index in [1.807, 2.05) is 0 Å². The van der Waals surface area contributed by atoms with Crippen LogP contribution in [-0.4, -0.2) is 47.8 Å². The maximum Gasteiger partial charge on any atom is 0.277 e. The number of benzene rings is 2. The quantitative estimate of drug-likeness (QED) is 0.295. The molecule has 35 heavy (non-hydrogen) atoms. The van der Waals surface area contributed by atoms with Crippen LogP contribution in [0.4, 0.5) is 11.4 Å². The second kappa shape index (κ2) is 10.2. The summed E-state index contributed by atoms with van der Waals surface area (Å²) in [4.78, 5) is 20.8. The summed E-state index contributed by atoms with van der Waals surface area (Å²) in [6, 6.07) is 11.9. The minimum atomic E-state index is -0.338. The summed E-state index contributed by atoms with van der Waals surface area (Å²) >= 11 is 1.74. The number of nitrogens with zero attached hydrogens (tertiary/aromatic N) is 4. The third kappa shape index (κ3) is 4.97. The second-order valence-electron chi connectivity index (χ2n) is 8.93. The van der Waals surface area contributed by atoms with Gasteiger partial charge in [0.15, 0.2) is 11.5 Å². The first-order valence-electron chi connectivity index (χ1n) is 12.2. The molecule has 184 valence electrons. The maximum absolute atomic E-state index is 11.6. The molecule has 3 heterocycles. The van der Waals surface area contributed by atoms with Crippen LogP contribution in [0.3, 0.4) is 0 Å². The predicted octanol–water partition coefficient (Wildman–Crippen LogP) is 5.67. The summed E-state index contributed by atoms with van der Waals surface area (Å²) in [6.07, 6.45) is 1.98. The topological polar surface area (TPSA) is 81.0 Å². The number of ether oxygens (including phenoxy) is 2. The number of fused-ring (bicyclic) bond motifs is 1. The standard InChI is InChI=1S/C26H30N4O4S/c1-3-29(4-2)21-7-5-18(6-8-21)22-16-35-26(27-22)19-9-11-28(12-10-19)15-20-13-24-25(34-17-33-24)14-23(20)30(31)32/h5-8,13-14,16,19H,3-4,9-12,15,17H2,1-2H3. The summed E-state index contributed by atoms with van der Waals surface area (Å²) in [5.74, 6) is 1.45. The van der Waals surface area contributed by atoms with Crippen molar-refractivity contribution in [1.29, 1.82) is 0 Å². The molecule has 0 bridgehead atoms. The summed E-state index contributed by atoms with van der Waals surface area (Å²) in [5.41, 5.74) is 4.19. The molecule has 8 nitrogen and oxygen atoms in total. The van der Waals surface area contributed by atoms with Crippen molar-refractivity contribution in [2.45, 2.75) is 39.2 Å². The van der Waals surface area contributed by atoms with E-state index < -0.39 is 0 Å². The van der Waals surface area contributed by atoms with E-state index >= 15 is 0 Å². The lowest BCUT2D eigenvalue weighted by Gasteiger charge is -2.31. The van der Waals surface area contributed by atoms with Crippen LogP contribution in [0.1, 0.15) is 43.2 Å². The minimum absolute atomic E-state index is 0.0907. The van der Waals surface area contributed by atoms with Crippen molar-refractivity contribution < 1.29 is 14.4 Å². The first-order chi connectivity index (χ1) is 17.1. The lowest BCUT2D eigenvalue weighted by Crippen LogP contribution is -2.32. The van der Waals surface area contributed by atoms with Gasteiger partial charge < -0.3 is 14.4 Å². The van der Waals surface area contributed by atoms with Gasteiger partial charge in [0.25, 0.3) is 5.69 Å². The van der Waals surface area contributed by atoms with Crippen LogP contribution in [0.5, 0.6) is 11.5 Å².